The van der Waals surface area contributed by atoms with Crippen LogP contribution in [0.5, 0.6) is 0 Å². The van der Waals surface area contributed by atoms with Crippen molar-refractivity contribution in [3.63, 3.8) is 0 Å². The van der Waals surface area contributed by atoms with Crippen LogP contribution in [0, 0.1) is 0 Å². The van der Waals surface area contributed by atoms with Crippen LogP contribution < -0.4 is 10.6 Å². The van der Waals surface area contributed by atoms with Gasteiger partial charge in [0.05, 0.1) is 24.6 Å². The molecule has 6 nitrogen and oxygen atoms in total. The van der Waals surface area contributed by atoms with Gasteiger partial charge in [-0.2, -0.15) is 0 Å². The molecule has 0 aliphatic carbocycles. The SMILES string of the molecule is CCC1CN(C)CCCN1c1cc(C(=O)OC)c(N)cn1. The quantitative estimate of drug-likeness (QED) is 0.848. The molecule has 1 aromatic rings. The average molecular weight is 292 g/mol. The molecule has 1 aliphatic rings. The zero-order chi connectivity index (χ0) is 15.4. The van der Waals surface area contributed by atoms with Crippen molar-refractivity contribution in [3.8, 4) is 0 Å². The number of nitrogen functional groups attached to an aromatic ring is 1. The van der Waals surface area contributed by atoms with Crippen LogP contribution in [0.3, 0.4) is 0 Å². The van der Waals surface area contributed by atoms with E-state index in [2.05, 4.69) is 28.8 Å². The Balaban J connectivity index is 2.33. The zero-order valence-corrected chi connectivity index (χ0v) is 13.0. The first-order chi connectivity index (χ1) is 10.1. The molecule has 1 aromatic heterocycles. The van der Waals surface area contributed by atoms with Crippen molar-refractivity contribution in [2.24, 2.45) is 0 Å². The van der Waals surface area contributed by atoms with E-state index in [1.807, 2.05) is 0 Å². The van der Waals surface area contributed by atoms with E-state index in [-0.39, 0.29) is 0 Å². The Labute approximate surface area is 125 Å². The van der Waals surface area contributed by atoms with Crippen molar-refractivity contribution < 1.29 is 9.53 Å². The van der Waals surface area contributed by atoms with E-state index >= 15 is 0 Å². The molecule has 0 radical (unpaired) electrons. The number of nitrogens with zero attached hydrogens (tertiary/aromatic N) is 3. The molecule has 2 rings (SSSR count). The minimum absolute atomic E-state index is 0.352. The molecule has 0 saturated carbocycles. The normalized spacial score (nSPS) is 20.1. The third-order valence-electron chi connectivity index (χ3n) is 3.99. The van der Waals surface area contributed by atoms with Crippen molar-refractivity contribution >= 4 is 17.5 Å². The lowest BCUT2D eigenvalue weighted by atomic mass is 10.1. The minimum Gasteiger partial charge on any atom is -0.465 e. The highest BCUT2D eigenvalue weighted by Gasteiger charge is 2.24. The largest absolute Gasteiger partial charge is 0.465 e. The number of esters is 1. The molecule has 0 bridgehead atoms. The van der Waals surface area contributed by atoms with Gasteiger partial charge < -0.3 is 20.3 Å². The number of pyridine rings is 1. The Morgan fingerprint density at radius 2 is 2.29 bits per heavy atom. The van der Waals surface area contributed by atoms with E-state index < -0.39 is 5.97 Å². The number of hydrogen-bond acceptors (Lipinski definition) is 6. The summed E-state index contributed by atoms with van der Waals surface area (Å²) in [6, 6.07) is 2.13. The van der Waals surface area contributed by atoms with Crippen LogP contribution in [0.4, 0.5) is 11.5 Å². The minimum atomic E-state index is -0.420. The number of rotatable bonds is 3. The lowest BCUT2D eigenvalue weighted by molar-refractivity contribution is 0.0602. The van der Waals surface area contributed by atoms with Crippen molar-refractivity contribution in [3.05, 3.63) is 17.8 Å². The molecular weight excluding hydrogens is 268 g/mol. The Kier molecular flexibility index (Phi) is 5.01. The van der Waals surface area contributed by atoms with Crippen LogP contribution >= 0.6 is 0 Å². The number of carbonyl (C=O) groups is 1. The monoisotopic (exact) mass is 292 g/mol. The number of aromatic nitrogens is 1. The van der Waals surface area contributed by atoms with Gasteiger partial charge >= 0.3 is 5.97 Å². The Morgan fingerprint density at radius 3 is 2.95 bits per heavy atom. The Hall–Kier alpha value is -1.82. The molecule has 21 heavy (non-hydrogen) atoms. The molecule has 2 N–H and O–H groups in total. The first kappa shape index (κ1) is 15.6. The summed E-state index contributed by atoms with van der Waals surface area (Å²) in [6.07, 6.45) is 3.65. The highest BCUT2D eigenvalue weighted by Crippen LogP contribution is 2.23. The van der Waals surface area contributed by atoms with Crippen LogP contribution in [0.2, 0.25) is 0 Å². The highest BCUT2D eigenvalue weighted by molar-refractivity contribution is 5.95. The van der Waals surface area contributed by atoms with Gasteiger partial charge in [0.2, 0.25) is 0 Å². The van der Waals surface area contributed by atoms with Crippen LogP contribution in [-0.4, -0.2) is 55.7 Å². The van der Waals surface area contributed by atoms with E-state index in [1.54, 1.807) is 12.3 Å². The summed E-state index contributed by atoms with van der Waals surface area (Å²) in [5.74, 6) is 0.378. The predicted molar refractivity (Wildman–Crippen MR) is 83.5 cm³/mol. The summed E-state index contributed by atoms with van der Waals surface area (Å²) >= 11 is 0. The van der Waals surface area contributed by atoms with Gasteiger partial charge in [-0.25, -0.2) is 9.78 Å². The molecular formula is C15H24N4O2. The molecule has 0 aromatic carbocycles. The number of anilines is 2. The summed E-state index contributed by atoms with van der Waals surface area (Å²) < 4.78 is 4.78. The topological polar surface area (TPSA) is 71.7 Å². The van der Waals surface area contributed by atoms with Gasteiger partial charge in [0.15, 0.2) is 0 Å². The van der Waals surface area contributed by atoms with E-state index in [1.165, 1.54) is 7.11 Å². The number of methoxy groups -OCH3 is 1. The fraction of sp³-hybridized carbons (Fsp3) is 0.600. The van der Waals surface area contributed by atoms with Gasteiger partial charge in [-0.3, -0.25) is 0 Å². The number of carbonyl (C=O) groups excluding carboxylic acids is 1. The van der Waals surface area contributed by atoms with Gasteiger partial charge in [0.1, 0.15) is 5.82 Å². The van der Waals surface area contributed by atoms with E-state index in [0.29, 0.717) is 17.3 Å². The zero-order valence-electron chi connectivity index (χ0n) is 13.0. The number of ether oxygens (including phenoxy) is 1. The molecule has 0 spiro atoms. The van der Waals surface area contributed by atoms with Crippen LogP contribution in [-0.2, 0) is 4.74 Å². The van der Waals surface area contributed by atoms with Crippen molar-refractivity contribution in [1.82, 2.24) is 9.88 Å². The molecule has 1 fully saturated rings. The smallest absolute Gasteiger partial charge is 0.340 e. The van der Waals surface area contributed by atoms with Crippen molar-refractivity contribution in [2.75, 3.05) is 44.4 Å². The standard InChI is InChI=1S/C15H24N4O2/c1-4-11-10-18(2)6-5-7-19(11)14-8-12(15(20)21-3)13(16)9-17-14/h8-9,11H,4-7,10,16H2,1-3H3. The Bertz CT molecular complexity index is 506. The van der Waals surface area contributed by atoms with E-state index in [0.717, 1.165) is 38.3 Å². The second-order valence-corrected chi connectivity index (χ2v) is 5.49. The Morgan fingerprint density at radius 1 is 1.52 bits per heavy atom. The molecule has 116 valence electrons. The van der Waals surface area contributed by atoms with Gasteiger partial charge in [0.25, 0.3) is 0 Å². The van der Waals surface area contributed by atoms with Crippen LogP contribution in [0.15, 0.2) is 12.3 Å². The predicted octanol–water partition coefficient (Wildman–Crippen LogP) is 1.37. The molecule has 1 atom stereocenters. The van der Waals surface area contributed by atoms with Crippen LogP contribution in [0.25, 0.3) is 0 Å². The molecule has 0 amide bonds. The third kappa shape index (κ3) is 3.44. The number of nitrogens with two attached hydrogens (primary N) is 1. The summed E-state index contributed by atoms with van der Waals surface area (Å²) in [5.41, 5.74) is 6.56. The van der Waals surface area contributed by atoms with Gasteiger partial charge in [-0.05, 0) is 32.5 Å². The van der Waals surface area contributed by atoms with Gasteiger partial charge in [-0.15, -0.1) is 0 Å². The maximum absolute atomic E-state index is 11.8. The second-order valence-electron chi connectivity index (χ2n) is 5.49. The molecule has 2 heterocycles. The van der Waals surface area contributed by atoms with Crippen molar-refractivity contribution in [1.29, 1.82) is 0 Å². The first-order valence-corrected chi connectivity index (χ1v) is 7.35. The number of hydrogen-bond donors (Lipinski definition) is 1. The molecule has 1 unspecified atom stereocenters. The maximum atomic E-state index is 11.8. The maximum Gasteiger partial charge on any atom is 0.340 e. The average Bonchev–Trinajstić information content (AvgIpc) is 2.68. The second kappa shape index (κ2) is 6.76. The van der Waals surface area contributed by atoms with Crippen molar-refractivity contribution in [2.45, 2.75) is 25.8 Å². The third-order valence-corrected chi connectivity index (χ3v) is 3.99. The summed E-state index contributed by atoms with van der Waals surface area (Å²) in [6.45, 7) is 5.18. The highest BCUT2D eigenvalue weighted by atomic mass is 16.5. The summed E-state index contributed by atoms with van der Waals surface area (Å²) in [7, 11) is 3.50. The summed E-state index contributed by atoms with van der Waals surface area (Å²) in [4.78, 5) is 20.8. The molecule has 1 aliphatic heterocycles. The molecule has 6 heteroatoms. The van der Waals surface area contributed by atoms with Gasteiger partial charge in [0, 0.05) is 19.1 Å². The van der Waals surface area contributed by atoms with Gasteiger partial charge in [-0.1, -0.05) is 6.92 Å². The summed E-state index contributed by atoms with van der Waals surface area (Å²) in [5, 5.41) is 0. The fourth-order valence-electron chi connectivity index (χ4n) is 2.79. The lowest BCUT2D eigenvalue weighted by Crippen LogP contribution is -2.40. The lowest BCUT2D eigenvalue weighted by Gasteiger charge is -2.31. The fourth-order valence-corrected chi connectivity index (χ4v) is 2.79. The van der Waals surface area contributed by atoms with E-state index in [4.69, 9.17) is 10.5 Å². The molecule has 1 saturated heterocycles. The van der Waals surface area contributed by atoms with Crippen LogP contribution in [0.1, 0.15) is 30.1 Å². The first-order valence-electron chi connectivity index (χ1n) is 7.35. The van der Waals surface area contributed by atoms with E-state index in [9.17, 15) is 4.79 Å². The number of likely N-dealkylation sites (N-methyl/N-ethyl adjacent to an activating group) is 1.